The predicted molar refractivity (Wildman–Crippen MR) is 41.4 cm³/mol. The third kappa shape index (κ3) is 1.81. The minimum atomic E-state index is 0.415. The lowest BCUT2D eigenvalue weighted by atomic mass is 10.1. The molecule has 0 aromatic carbocycles. The zero-order valence-corrected chi connectivity index (χ0v) is 6.50. The summed E-state index contributed by atoms with van der Waals surface area (Å²) in [4.78, 5) is 3.23. The maximum absolute atomic E-state index is 6.74. The first-order valence-electron chi connectivity index (χ1n) is 3.69. The van der Waals surface area contributed by atoms with Gasteiger partial charge >= 0.3 is 5.82 Å². The topological polar surface area (TPSA) is 30.4 Å². The van der Waals surface area contributed by atoms with E-state index in [0.717, 1.165) is 24.8 Å². The van der Waals surface area contributed by atoms with E-state index >= 15 is 0 Å². The van der Waals surface area contributed by atoms with Gasteiger partial charge in [0.1, 0.15) is 6.26 Å². The van der Waals surface area contributed by atoms with Crippen molar-refractivity contribution in [2.75, 3.05) is 0 Å². The Labute approximate surface area is 65.8 Å². The van der Waals surface area contributed by atoms with Crippen LogP contribution in [-0.4, -0.2) is 5.16 Å². The highest BCUT2D eigenvalue weighted by Crippen LogP contribution is 2.18. The number of rotatable bonds is 3. The monoisotopic (exact) mass is 150 g/mol. The van der Waals surface area contributed by atoms with Crippen LogP contribution in [0.15, 0.2) is 10.8 Å². The van der Waals surface area contributed by atoms with Gasteiger partial charge in [0, 0.05) is 5.56 Å². The Morgan fingerprint density at radius 2 is 2.55 bits per heavy atom. The second-order valence-corrected chi connectivity index (χ2v) is 2.38. The van der Waals surface area contributed by atoms with Gasteiger partial charge in [-0.25, -0.2) is 0 Å². The molecule has 0 saturated carbocycles. The van der Waals surface area contributed by atoms with Crippen molar-refractivity contribution in [2.24, 2.45) is 0 Å². The summed E-state index contributed by atoms with van der Waals surface area (Å²) in [7, 11) is 0. The fraction of sp³-hybridized carbons (Fsp3) is 0.500. The summed E-state index contributed by atoms with van der Waals surface area (Å²) < 4.78 is 4.67. The number of aromatic nitrogens is 1. The zero-order chi connectivity index (χ0) is 8.10. The van der Waals surface area contributed by atoms with Crippen LogP contribution < -0.4 is 0 Å². The molecule has 11 heavy (non-hydrogen) atoms. The van der Waals surface area contributed by atoms with E-state index in [2.05, 4.69) is 21.4 Å². The largest absolute Gasteiger partial charge is 0.357 e. The molecule has 0 amide bonds. The lowest BCUT2D eigenvalue weighted by Crippen LogP contribution is -1.79. The molecule has 0 aliphatic heterocycles. The summed E-state index contributed by atoms with van der Waals surface area (Å²) >= 11 is 0. The van der Waals surface area contributed by atoms with Gasteiger partial charge in [-0.05, 0) is 6.42 Å². The van der Waals surface area contributed by atoms with E-state index < -0.39 is 0 Å². The number of aryl methyl sites for hydroxylation is 1. The Balaban J connectivity index is 2.63. The third-order valence-corrected chi connectivity index (χ3v) is 1.53. The van der Waals surface area contributed by atoms with Gasteiger partial charge in [-0.15, -0.1) is 0 Å². The van der Waals surface area contributed by atoms with Crippen molar-refractivity contribution < 1.29 is 4.52 Å². The fourth-order valence-electron chi connectivity index (χ4n) is 0.881. The van der Waals surface area contributed by atoms with Crippen molar-refractivity contribution in [1.29, 1.82) is 0 Å². The van der Waals surface area contributed by atoms with Gasteiger partial charge in [0.05, 0.1) is 5.16 Å². The molecule has 1 heterocycles. The Bertz CT molecular complexity index is 259. The average molecular weight is 150 g/mol. The molecule has 0 bridgehead atoms. The van der Waals surface area contributed by atoms with E-state index in [4.69, 9.17) is 6.57 Å². The second-order valence-electron chi connectivity index (χ2n) is 2.38. The number of unbranched alkanes of at least 4 members (excludes halogenated alkanes) is 1. The van der Waals surface area contributed by atoms with Gasteiger partial charge in [-0.2, -0.15) is 0 Å². The molecule has 0 radical (unpaired) electrons. The fourth-order valence-corrected chi connectivity index (χ4v) is 0.881. The van der Waals surface area contributed by atoms with E-state index in [1.807, 2.05) is 0 Å². The molecule has 0 atom stereocenters. The van der Waals surface area contributed by atoms with Crippen LogP contribution in [0.5, 0.6) is 0 Å². The van der Waals surface area contributed by atoms with E-state index in [9.17, 15) is 0 Å². The first-order chi connectivity index (χ1) is 5.38. The van der Waals surface area contributed by atoms with Gasteiger partial charge in [-0.1, -0.05) is 26.3 Å². The first-order valence-corrected chi connectivity index (χ1v) is 3.69. The molecule has 0 unspecified atom stereocenters. The molecular weight excluding hydrogens is 140 g/mol. The molecular formula is C8H10N2O. The summed E-state index contributed by atoms with van der Waals surface area (Å²) in [6.45, 7) is 8.86. The smallest absolute Gasteiger partial charge is 0.321 e. The summed E-state index contributed by atoms with van der Waals surface area (Å²) in [5.74, 6) is 0.415. The molecule has 1 rings (SSSR count). The molecule has 0 aliphatic rings. The van der Waals surface area contributed by atoms with Crippen LogP contribution in [0.25, 0.3) is 4.85 Å². The number of nitrogens with zero attached hydrogens (tertiary/aromatic N) is 2. The quantitative estimate of drug-likeness (QED) is 0.620. The molecule has 3 nitrogen and oxygen atoms in total. The minimum absolute atomic E-state index is 0.415. The normalized spacial score (nSPS) is 9.45. The van der Waals surface area contributed by atoms with Crippen LogP contribution in [0.2, 0.25) is 0 Å². The molecule has 0 spiro atoms. The maximum atomic E-state index is 6.74. The molecule has 3 heteroatoms. The lowest BCUT2D eigenvalue weighted by molar-refractivity contribution is 0.422. The molecule has 0 fully saturated rings. The van der Waals surface area contributed by atoms with Gasteiger partial charge in [0.15, 0.2) is 0 Å². The van der Waals surface area contributed by atoms with Crippen molar-refractivity contribution in [1.82, 2.24) is 5.16 Å². The zero-order valence-electron chi connectivity index (χ0n) is 6.50. The van der Waals surface area contributed by atoms with Gasteiger partial charge in [0.2, 0.25) is 0 Å². The SMILES string of the molecule is [C-]#[N+]c1nocc1CCCC. The number of hydrogen-bond acceptors (Lipinski definition) is 2. The van der Waals surface area contributed by atoms with Crippen LogP contribution >= 0.6 is 0 Å². The minimum Gasteiger partial charge on any atom is -0.357 e. The van der Waals surface area contributed by atoms with Crippen molar-refractivity contribution >= 4 is 5.82 Å². The Kier molecular flexibility index (Phi) is 2.67. The van der Waals surface area contributed by atoms with Gasteiger partial charge in [0.25, 0.3) is 0 Å². The molecule has 0 aliphatic carbocycles. The summed E-state index contributed by atoms with van der Waals surface area (Å²) in [5, 5.41) is 3.56. The first kappa shape index (κ1) is 7.80. The Hall–Kier alpha value is -1.30. The molecule has 1 aromatic rings. The average Bonchev–Trinajstić information content (AvgIpc) is 2.47. The highest BCUT2D eigenvalue weighted by molar-refractivity contribution is 5.42. The van der Waals surface area contributed by atoms with Gasteiger partial charge < -0.3 is 4.85 Å². The summed E-state index contributed by atoms with van der Waals surface area (Å²) in [6.07, 6.45) is 4.67. The van der Waals surface area contributed by atoms with E-state index in [1.165, 1.54) is 0 Å². The highest BCUT2D eigenvalue weighted by atomic mass is 16.5. The Morgan fingerprint density at radius 3 is 3.18 bits per heavy atom. The summed E-state index contributed by atoms with van der Waals surface area (Å²) in [5.41, 5.74) is 0.932. The van der Waals surface area contributed by atoms with Crippen molar-refractivity contribution in [3.63, 3.8) is 0 Å². The third-order valence-electron chi connectivity index (χ3n) is 1.53. The van der Waals surface area contributed by atoms with E-state index in [0.29, 0.717) is 5.82 Å². The van der Waals surface area contributed by atoms with Crippen LogP contribution in [0, 0.1) is 6.57 Å². The molecule has 0 N–H and O–H groups in total. The maximum Gasteiger partial charge on any atom is 0.321 e. The predicted octanol–water partition coefficient (Wildman–Crippen LogP) is 2.57. The van der Waals surface area contributed by atoms with Crippen LogP contribution in [0.3, 0.4) is 0 Å². The van der Waals surface area contributed by atoms with E-state index in [1.54, 1.807) is 6.26 Å². The number of hydrogen-bond donors (Lipinski definition) is 0. The van der Waals surface area contributed by atoms with Crippen molar-refractivity contribution in [3.05, 3.63) is 23.2 Å². The van der Waals surface area contributed by atoms with Crippen LogP contribution in [0.4, 0.5) is 5.82 Å². The standard InChI is InChI=1S/C8H10N2O/c1-3-4-5-7-6-11-10-8(7)9-2/h6H,3-5H2,1H3. The van der Waals surface area contributed by atoms with Crippen LogP contribution in [0.1, 0.15) is 25.3 Å². The van der Waals surface area contributed by atoms with Gasteiger partial charge in [-0.3, -0.25) is 4.52 Å². The molecule has 1 aromatic heterocycles. The lowest BCUT2D eigenvalue weighted by Gasteiger charge is -1.91. The Morgan fingerprint density at radius 1 is 1.73 bits per heavy atom. The van der Waals surface area contributed by atoms with E-state index in [-0.39, 0.29) is 0 Å². The summed E-state index contributed by atoms with van der Waals surface area (Å²) in [6, 6.07) is 0. The molecule has 58 valence electrons. The highest BCUT2D eigenvalue weighted by Gasteiger charge is 2.06. The second kappa shape index (κ2) is 3.77. The van der Waals surface area contributed by atoms with Crippen molar-refractivity contribution in [3.8, 4) is 0 Å². The van der Waals surface area contributed by atoms with Crippen molar-refractivity contribution in [2.45, 2.75) is 26.2 Å². The molecule has 0 saturated heterocycles. The van der Waals surface area contributed by atoms with Crippen LogP contribution in [-0.2, 0) is 6.42 Å².